The highest BCUT2D eigenvalue weighted by Crippen LogP contribution is 2.35. The molecule has 0 fully saturated rings. The van der Waals surface area contributed by atoms with Crippen molar-refractivity contribution in [1.82, 2.24) is 20.1 Å². The van der Waals surface area contributed by atoms with Crippen molar-refractivity contribution >= 4 is 45.8 Å². The average Bonchev–Trinajstić information content (AvgIpc) is 3.14. The lowest BCUT2D eigenvalue weighted by atomic mass is 10.00. The first kappa shape index (κ1) is 22.5. The van der Waals surface area contributed by atoms with E-state index < -0.39 is 0 Å². The molecule has 0 spiro atoms. The molecule has 0 aliphatic carbocycles. The van der Waals surface area contributed by atoms with Gasteiger partial charge in [0.05, 0.1) is 40.7 Å². The molecule has 9 heteroatoms. The van der Waals surface area contributed by atoms with Crippen LogP contribution in [0.15, 0.2) is 48.7 Å². The lowest BCUT2D eigenvalue weighted by Gasteiger charge is -2.27. The molecule has 174 valence electrons. The fraction of sp³-hybridized carbons (Fsp3) is 0.240. The van der Waals surface area contributed by atoms with E-state index in [0.717, 1.165) is 28.1 Å². The lowest BCUT2D eigenvalue weighted by Crippen LogP contribution is -2.33. The smallest absolute Gasteiger partial charge is 0.255 e. The zero-order valence-electron chi connectivity index (χ0n) is 19.0. The van der Waals surface area contributed by atoms with Crippen molar-refractivity contribution in [3.63, 3.8) is 0 Å². The Labute approximate surface area is 207 Å². The van der Waals surface area contributed by atoms with Gasteiger partial charge in [-0.15, -0.1) is 0 Å². The van der Waals surface area contributed by atoms with Crippen molar-refractivity contribution in [2.75, 3.05) is 25.6 Å². The quantitative estimate of drug-likeness (QED) is 0.412. The van der Waals surface area contributed by atoms with Crippen molar-refractivity contribution in [2.24, 2.45) is 0 Å². The maximum absolute atomic E-state index is 13.5. The zero-order chi connectivity index (χ0) is 24.0. The van der Waals surface area contributed by atoms with Crippen LogP contribution in [0.4, 0.5) is 5.69 Å². The Balaban J connectivity index is 1.58. The number of pyridine rings is 1. The molecule has 1 atom stereocenters. The van der Waals surface area contributed by atoms with Crippen LogP contribution >= 0.6 is 23.2 Å². The highest BCUT2D eigenvalue weighted by molar-refractivity contribution is 6.34. The van der Waals surface area contributed by atoms with E-state index in [1.54, 1.807) is 29.1 Å². The fourth-order valence-corrected chi connectivity index (χ4v) is 4.95. The van der Waals surface area contributed by atoms with Gasteiger partial charge < -0.3 is 15.0 Å². The SMILES string of the molecule is Cc1nn(-c2cc(Cl)cc(Cl)c2)c2ncc(C(=O)N[C@H]3CCOc4ccccc43)c(N(C)C)c12. The Morgan fingerprint density at radius 1 is 1.18 bits per heavy atom. The Morgan fingerprint density at radius 2 is 1.91 bits per heavy atom. The van der Waals surface area contributed by atoms with Crippen LogP contribution in [-0.2, 0) is 0 Å². The van der Waals surface area contributed by atoms with E-state index in [0.29, 0.717) is 40.0 Å². The van der Waals surface area contributed by atoms with Crippen molar-refractivity contribution in [1.29, 1.82) is 0 Å². The summed E-state index contributed by atoms with van der Waals surface area (Å²) in [6, 6.07) is 12.9. The van der Waals surface area contributed by atoms with Gasteiger partial charge in [0, 0.05) is 42.3 Å². The fourth-order valence-electron chi connectivity index (χ4n) is 4.43. The summed E-state index contributed by atoms with van der Waals surface area (Å²) >= 11 is 12.4. The monoisotopic (exact) mass is 495 g/mol. The van der Waals surface area contributed by atoms with Crippen LogP contribution in [0.5, 0.6) is 5.75 Å². The van der Waals surface area contributed by atoms with Crippen LogP contribution in [0.2, 0.25) is 10.0 Å². The number of aromatic nitrogens is 3. The third-order valence-electron chi connectivity index (χ3n) is 5.89. The number of carbonyl (C=O) groups excluding carboxylic acids is 1. The number of nitrogens with one attached hydrogen (secondary N) is 1. The van der Waals surface area contributed by atoms with Gasteiger partial charge in [-0.05, 0) is 31.2 Å². The summed E-state index contributed by atoms with van der Waals surface area (Å²) in [7, 11) is 3.81. The van der Waals surface area contributed by atoms with E-state index in [-0.39, 0.29) is 11.9 Å². The van der Waals surface area contributed by atoms with E-state index in [4.69, 9.17) is 33.0 Å². The van der Waals surface area contributed by atoms with Crippen LogP contribution in [0.25, 0.3) is 16.7 Å². The molecule has 34 heavy (non-hydrogen) atoms. The molecule has 0 bridgehead atoms. The normalized spacial score (nSPS) is 15.0. The number of halogens is 2. The number of para-hydroxylation sites is 1. The molecular weight excluding hydrogens is 473 g/mol. The van der Waals surface area contributed by atoms with Gasteiger partial charge in [-0.25, -0.2) is 9.67 Å². The number of carbonyl (C=O) groups is 1. The van der Waals surface area contributed by atoms with Gasteiger partial charge in [-0.2, -0.15) is 5.10 Å². The first-order valence-corrected chi connectivity index (χ1v) is 11.6. The molecule has 0 unspecified atom stereocenters. The number of amides is 1. The first-order valence-electron chi connectivity index (χ1n) is 10.9. The number of fused-ring (bicyclic) bond motifs is 2. The molecular formula is C25H23Cl2N5O2. The number of hydrogen-bond donors (Lipinski definition) is 1. The van der Waals surface area contributed by atoms with Gasteiger partial charge in [-0.1, -0.05) is 41.4 Å². The number of rotatable bonds is 4. The van der Waals surface area contributed by atoms with Gasteiger partial charge in [0.25, 0.3) is 5.91 Å². The number of aryl methyl sites for hydroxylation is 1. The molecule has 0 radical (unpaired) electrons. The molecule has 1 aliphatic heterocycles. The summed E-state index contributed by atoms with van der Waals surface area (Å²) in [6.07, 6.45) is 2.30. The van der Waals surface area contributed by atoms with Crippen LogP contribution in [-0.4, -0.2) is 41.4 Å². The number of benzene rings is 2. The lowest BCUT2D eigenvalue weighted by molar-refractivity contribution is 0.0925. The summed E-state index contributed by atoms with van der Waals surface area (Å²) in [5.41, 5.74) is 4.27. The average molecular weight is 496 g/mol. The van der Waals surface area contributed by atoms with Crippen molar-refractivity contribution in [3.05, 3.63) is 75.5 Å². The maximum atomic E-state index is 13.5. The number of hydrogen-bond acceptors (Lipinski definition) is 5. The van der Waals surface area contributed by atoms with E-state index in [9.17, 15) is 4.79 Å². The summed E-state index contributed by atoms with van der Waals surface area (Å²) in [5, 5.41) is 9.67. The van der Waals surface area contributed by atoms with E-state index in [1.807, 2.05) is 50.2 Å². The predicted molar refractivity (Wildman–Crippen MR) is 135 cm³/mol. The summed E-state index contributed by atoms with van der Waals surface area (Å²) in [4.78, 5) is 20.0. The molecule has 1 aliphatic rings. The van der Waals surface area contributed by atoms with E-state index >= 15 is 0 Å². The van der Waals surface area contributed by atoms with Crippen LogP contribution in [0.3, 0.4) is 0 Å². The van der Waals surface area contributed by atoms with Crippen molar-refractivity contribution in [2.45, 2.75) is 19.4 Å². The van der Waals surface area contributed by atoms with Gasteiger partial charge in [0.1, 0.15) is 5.75 Å². The second-order valence-electron chi connectivity index (χ2n) is 8.44. The highest BCUT2D eigenvalue weighted by atomic mass is 35.5. The summed E-state index contributed by atoms with van der Waals surface area (Å²) < 4.78 is 7.44. The Hall–Kier alpha value is -3.29. The molecule has 2 aromatic heterocycles. The second-order valence-corrected chi connectivity index (χ2v) is 9.31. The summed E-state index contributed by atoms with van der Waals surface area (Å²) in [6.45, 7) is 2.45. The molecule has 1 amide bonds. The minimum Gasteiger partial charge on any atom is -0.493 e. The standard InChI is InChI=1S/C25H23Cl2N5O2/c1-14-22-23(31(2)3)19(25(33)29-20-8-9-34-21-7-5-4-6-18(20)21)13-28-24(22)32(30-14)17-11-15(26)10-16(27)12-17/h4-7,10-13,20H,8-9H2,1-3H3,(H,29,33)/t20-/m0/s1. The minimum absolute atomic E-state index is 0.138. The maximum Gasteiger partial charge on any atom is 0.255 e. The Morgan fingerprint density at radius 3 is 2.65 bits per heavy atom. The Bertz CT molecular complexity index is 1400. The topological polar surface area (TPSA) is 72.3 Å². The van der Waals surface area contributed by atoms with Crippen LogP contribution in [0, 0.1) is 6.92 Å². The highest BCUT2D eigenvalue weighted by Gasteiger charge is 2.27. The number of anilines is 1. The molecule has 1 N–H and O–H groups in total. The van der Waals surface area contributed by atoms with E-state index in [2.05, 4.69) is 10.3 Å². The van der Waals surface area contributed by atoms with Gasteiger partial charge in [0.15, 0.2) is 5.65 Å². The van der Waals surface area contributed by atoms with Crippen LogP contribution in [0.1, 0.15) is 34.1 Å². The Kier molecular flexibility index (Phi) is 5.83. The minimum atomic E-state index is -0.197. The molecule has 2 aromatic carbocycles. The predicted octanol–water partition coefficient (Wildman–Crippen LogP) is 5.36. The molecule has 7 nitrogen and oxygen atoms in total. The summed E-state index contributed by atoms with van der Waals surface area (Å²) in [5.74, 6) is 0.607. The van der Waals surface area contributed by atoms with Crippen LogP contribution < -0.4 is 15.0 Å². The van der Waals surface area contributed by atoms with E-state index in [1.165, 1.54) is 0 Å². The zero-order valence-corrected chi connectivity index (χ0v) is 20.5. The molecule has 4 aromatic rings. The third kappa shape index (κ3) is 3.95. The van der Waals surface area contributed by atoms with Gasteiger partial charge in [0.2, 0.25) is 0 Å². The van der Waals surface area contributed by atoms with Crippen molar-refractivity contribution in [3.8, 4) is 11.4 Å². The largest absolute Gasteiger partial charge is 0.493 e. The second kappa shape index (κ2) is 8.81. The molecule has 0 saturated heterocycles. The first-order chi connectivity index (χ1) is 16.3. The van der Waals surface area contributed by atoms with Crippen molar-refractivity contribution < 1.29 is 9.53 Å². The third-order valence-corrected chi connectivity index (χ3v) is 6.33. The number of nitrogens with zero attached hydrogens (tertiary/aromatic N) is 4. The molecule has 3 heterocycles. The van der Waals surface area contributed by atoms with Gasteiger partial charge >= 0.3 is 0 Å². The molecule has 5 rings (SSSR count). The molecule has 0 saturated carbocycles. The van der Waals surface area contributed by atoms with Gasteiger partial charge in [-0.3, -0.25) is 4.79 Å². The number of ether oxygens (including phenoxy) is 1.